The fourth-order valence-electron chi connectivity index (χ4n) is 2.31. The van der Waals surface area contributed by atoms with Crippen molar-refractivity contribution in [1.29, 1.82) is 0 Å². The third-order valence-corrected chi connectivity index (χ3v) is 3.43. The fraction of sp³-hybridized carbons (Fsp3) is 0.412. The number of rotatable bonds is 7. The van der Waals surface area contributed by atoms with Crippen LogP contribution in [0.25, 0.3) is 10.8 Å². The lowest BCUT2D eigenvalue weighted by Crippen LogP contribution is -2.13. The van der Waals surface area contributed by atoms with Crippen molar-refractivity contribution in [3.05, 3.63) is 42.0 Å². The molecular weight excluding hydrogens is 234 g/mol. The van der Waals surface area contributed by atoms with Crippen LogP contribution < -0.4 is 10.1 Å². The van der Waals surface area contributed by atoms with Crippen molar-refractivity contribution in [2.75, 3.05) is 20.2 Å². The quantitative estimate of drug-likeness (QED) is 0.762. The van der Waals surface area contributed by atoms with Gasteiger partial charge >= 0.3 is 0 Å². The minimum atomic E-state index is 0.922. The number of benzene rings is 2. The fourth-order valence-corrected chi connectivity index (χ4v) is 2.31. The van der Waals surface area contributed by atoms with Crippen LogP contribution >= 0.6 is 0 Å². The molecule has 0 aliphatic heterocycles. The summed E-state index contributed by atoms with van der Waals surface area (Å²) in [5, 5.41) is 5.91. The number of hydrogen-bond acceptors (Lipinski definition) is 2. The number of aryl methyl sites for hydroxylation is 1. The first-order chi connectivity index (χ1) is 9.33. The lowest BCUT2D eigenvalue weighted by atomic mass is 10.0. The van der Waals surface area contributed by atoms with Gasteiger partial charge in [0.2, 0.25) is 0 Å². The molecule has 0 saturated carbocycles. The molecule has 0 aromatic heterocycles. The third-order valence-electron chi connectivity index (χ3n) is 3.43. The Morgan fingerprint density at radius 3 is 2.58 bits per heavy atom. The van der Waals surface area contributed by atoms with E-state index in [1.54, 1.807) is 7.11 Å². The Morgan fingerprint density at radius 2 is 1.79 bits per heavy atom. The monoisotopic (exact) mass is 257 g/mol. The van der Waals surface area contributed by atoms with Gasteiger partial charge < -0.3 is 10.1 Å². The van der Waals surface area contributed by atoms with Crippen molar-refractivity contribution in [2.45, 2.75) is 26.2 Å². The molecule has 0 radical (unpaired) electrons. The maximum Gasteiger partial charge on any atom is 0.119 e. The van der Waals surface area contributed by atoms with Crippen molar-refractivity contribution < 1.29 is 4.74 Å². The molecule has 0 saturated heterocycles. The van der Waals surface area contributed by atoms with Gasteiger partial charge in [0.15, 0.2) is 0 Å². The van der Waals surface area contributed by atoms with E-state index in [-0.39, 0.29) is 0 Å². The highest BCUT2D eigenvalue weighted by molar-refractivity contribution is 5.84. The SMILES string of the molecule is CCNCCCCc1ccc2cc(OC)ccc2c1. The highest BCUT2D eigenvalue weighted by Crippen LogP contribution is 2.22. The number of nitrogens with one attached hydrogen (secondary N) is 1. The van der Waals surface area contributed by atoms with Gasteiger partial charge in [-0.1, -0.05) is 31.2 Å². The molecule has 2 aromatic rings. The molecule has 102 valence electrons. The zero-order chi connectivity index (χ0) is 13.5. The van der Waals surface area contributed by atoms with Gasteiger partial charge in [0, 0.05) is 0 Å². The Bertz CT molecular complexity index is 522. The largest absolute Gasteiger partial charge is 0.497 e. The van der Waals surface area contributed by atoms with E-state index in [1.165, 1.54) is 29.2 Å². The average Bonchev–Trinajstić information content (AvgIpc) is 2.46. The van der Waals surface area contributed by atoms with E-state index in [9.17, 15) is 0 Å². The summed E-state index contributed by atoms with van der Waals surface area (Å²) in [5.74, 6) is 0.922. The van der Waals surface area contributed by atoms with Crippen LogP contribution in [0.3, 0.4) is 0 Å². The van der Waals surface area contributed by atoms with E-state index in [4.69, 9.17) is 4.74 Å². The minimum Gasteiger partial charge on any atom is -0.497 e. The smallest absolute Gasteiger partial charge is 0.119 e. The Labute approximate surface area is 115 Å². The molecule has 0 spiro atoms. The normalized spacial score (nSPS) is 10.8. The topological polar surface area (TPSA) is 21.3 Å². The van der Waals surface area contributed by atoms with Crippen LogP contribution in [-0.2, 0) is 6.42 Å². The molecule has 0 atom stereocenters. The molecule has 2 nitrogen and oxygen atoms in total. The van der Waals surface area contributed by atoms with Crippen LogP contribution in [0.5, 0.6) is 5.75 Å². The summed E-state index contributed by atoms with van der Waals surface area (Å²) in [6, 6.07) is 13.0. The molecule has 0 bridgehead atoms. The molecule has 0 aliphatic carbocycles. The second-order valence-corrected chi connectivity index (χ2v) is 4.86. The van der Waals surface area contributed by atoms with E-state index >= 15 is 0 Å². The van der Waals surface area contributed by atoms with Gasteiger partial charge in [-0.3, -0.25) is 0 Å². The summed E-state index contributed by atoms with van der Waals surface area (Å²) < 4.78 is 5.25. The molecule has 0 fully saturated rings. The van der Waals surface area contributed by atoms with Crippen molar-refractivity contribution in [2.24, 2.45) is 0 Å². The van der Waals surface area contributed by atoms with Crippen molar-refractivity contribution >= 4 is 10.8 Å². The molecule has 2 aromatic carbocycles. The summed E-state index contributed by atoms with van der Waals surface area (Å²) >= 11 is 0. The Morgan fingerprint density at radius 1 is 1.00 bits per heavy atom. The molecule has 2 heteroatoms. The highest BCUT2D eigenvalue weighted by atomic mass is 16.5. The van der Waals surface area contributed by atoms with E-state index in [1.807, 2.05) is 6.07 Å². The first-order valence-corrected chi connectivity index (χ1v) is 7.11. The van der Waals surface area contributed by atoms with Crippen LogP contribution in [0.1, 0.15) is 25.3 Å². The van der Waals surface area contributed by atoms with Crippen molar-refractivity contribution in [3.63, 3.8) is 0 Å². The predicted octanol–water partition coefficient (Wildman–Crippen LogP) is 3.78. The van der Waals surface area contributed by atoms with Gasteiger partial charge in [0.1, 0.15) is 5.75 Å². The molecule has 19 heavy (non-hydrogen) atoms. The van der Waals surface area contributed by atoms with Crippen LogP contribution in [0.15, 0.2) is 36.4 Å². The predicted molar refractivity (Wildman–Crippen MR) is 82.0 cm³/mol. The van der Waals surface area contributed by atoms with E-state index in [0.717, 1.165) is 25.3 Å². The van der Waals surface area contributed by atoms with Crippen LogP contribution in [0.2, 0.25) is 0 Å². The average molecular weight is 257 g/mol. The lowest BCUT2D eigenvalue weighted by Gasteiger charge is -2.06. The first kappa shape index (κ1) is 13.9. The highest BCUT2D eigenvalue weighted by Gasteiger charge is 1.99. The summed E-state index contributed by atoms with van der Waals surface area (Å²) in [7, 11) is 1.71. The molecule has 0 heterocycles. The van der Waals surface area contributed by atoms with Gasteiger partial charge in [0.05, 0.1) is 7.11 Å². The van der Waals surface area contributed by atoms with E-state index in [0.29, 0.717) is 0 Å². The zero-order valence-electron chi connectivity index (χ0n) is 11.9. The van der Waals surface area contributed by atoms with Gasteiger partial charge in [-0.2, -0.15) is 0 Å². The third kappa shape index (κ3) is 3.97. The van der Waals surface area contributed by atoms with Gasteiger partial charge in [-0.15, -0.1) is 0 Å². The van der Waals surface area contributed by atoms with Gasteiger partial charge in [-0.05, 0) is 60.8 Å². The van der Waals surface area contributed by atoms with Crippen LogP contribution in [0, 0.1) is 0 Å². The van der Waals surface area contributed by atoms with Crippen LogP contribution in [-0.4, -0.2) is 20.2 Å². The number of ether oxygens (including phenoxy) is 1. The standard InChI is InChI=1S/C17H23NO/c1-3-18-11-5-4-6-14-7-8-16-13-17(19-2)10-9-15(16)12-14/h7-10,12-13,18H,3-6,11H2,1-2H3. The second kappa shape index (κ2) is 7.15. The first-order valence-electron chi connectivity index (χ1n) is 7.11. The Kier molecular flexibility index (Phi) is 5.22. The molecule has 2 rings (SSSR count). The molecule has 0 amide bonds. The number of unbranched alkanes of at least 4 members (excludes halogenated alkanes) is 1. The summed E-state index contributed by atoms with van der Waals surface area (Å²) in [4.78, 5) is 0. The molecule has 0 aliphatic rings. The van der Waals surface area contributed by atoms with Gasteiger partial charge in [-0.25, -0.2) is 0 Å². The molecule has 1 N–H and O–H groups in total. The summed E-state index contributed by atoms with van der Waals surface area (Å²) in [6.07, 6.45) is 3.65. The lowest BCUT2D eigenvalue weighted by molar-refractivity contribution is 0.415. The zero-order valence-corrected chi connectivity index (χ0v) is 11.9. The van der Waals surface area contributed by atoms with Crippen molar-refractivity contribution in [1.82, 2.24) is 5.32 Å². The number of fused-ring (bicyclic) bond motifs is 1. The van der Waals surface area contributed by atoms with E-state index in [2.05, 4.69) is 42.6 Å². The second-order valence-electron chi connectivity index (χ2n) is 4.86. The Hall–Kier alpha value is -1.54. The maximum absolute atomic E-state index is 5.25. The van der Waals surface area contributed by atoms with Crippen molar-refractivity contribution in [3.8, 4) is 5.75 Å². The molecule has 0 unspecified atom stereocenters. The Balaban J connectivity index is 1.97. The number of hydrogen-bond donors (Lipinski definition) is 1. The summed E-state index contributed by atoms with van der Waals surface area (Å²) in [6.45, 7) is 4.34. The van der Waals surface area contributed by atoms with Crippen LogP contribution in [0.4, 0.5) is 0 Å². The van der Waals surface area contributed by atoms with Gasteiger partial charge in [0.25, 0.3) is 0 Å². The minimum absolute atomic E-state index is 0.922. The maximum atomic E-state index is 5.25. The number of methoxy groups -OCH3 is 1. The molecular formula is C17H23NO. The summed E-state index contributed by atoms with van der Waals surface area (Å²) in [5.41, 5.74) is 1.43. The van der Waals surface area contributed by atoms with E-state index < -0.39 is 0 Å².